The van der Waals surface area contributed by atoms with Gasteiger partial charge in [0.05, 0.1) is 11.6 Å². The van der Waals surface area contributed by atoms with Crippen LogP contribution in [-0.4, -0.2) is 53.9 Å². The summed E-state index contributed by atoms with van der Waals surface area (Å²) in [6.07, 6.45) is -3.43. The normalized spacial score (nSPS) is 12.1. The highest BCUT2D eigenvalue weighted by Crippen LogP contribution is 2.23. The Morgan fingerprint density at radius 3 is 2.23 bits per heavy atom. The fourth-order valence-electron chi connectivity index (χ4n) is 3.08. The van der Waals surface area contributed by atoms with Crippen LogP contribution in [0.5, 0.6) is 0 Å². The molecule has 1 aromatic carbocycles. The average molecular weight is 456 g/mol. The molecule has 0 bridgehead atoms. The molecule has 0 fully saturated rings. The van der Waals surface area contributed by atoms with E-state index in [0.29, 0.717) is 16.0 Å². The third-order valence-corrected chi connectivity index (χ3v) is 6.67. The van der Waals surface area contributed by atoms with Gasteiger partial charge in [-0.2, -0.15) is 22.7 Å². The maximum atomic E-state index is 13.1. The predicted molar refractivity (Wildman–Crippen MR) is 107 cm³/mol. The number of carbonyl (C=O) groups excluding carboxylic acids is 1. The van der Waals surface area contributed by atoms with Crippen molar-refractivity contribution in [3.05, 3.63) is 53.3 Å². The first kappa shape index (κ1) is 24.4. The van der Waals surface area contributed by atoms with Crippen molar-refractivity contribution in [1.82, 2.24) is 13.8 Å². The molecule has 0 saturated heterocycles. The Bertz CT molecular complexity index is 1070. The van der Waals surface area contributed by atoms with E-state index in [9.17, 15) is 26.4 Å². The van der Waals surface area contributed by atoms with E-state index in [1.165, 1.54) is 46.4 Å². The molecule has 0 N–H and O–H groups in total. The molecule has 1 amide bonds. The van der Waals surface area contributed by atoms with Crippen LogP contribution in [0, 0.1) is 11.3 Å². The minimum absolute atomic E-state index is 0.160. The third kappa shape index (κ3) is 5.86. The molecule has 0 saturated carbocycles. The number of hydrogen-bond acceptors (Lipinski definition) is 4. The van der Waals surface area contributed by atoms with Crippen LogP contribution >= 0.6 is 0 Å². The Labute approximate surface area is 179 Å². The van der Waals surface area contributed by atoms with Crippen LogP contribution in [0.2, 0.25) is 0 Å². The summed E-state index contributed by atoms with van der Waals surface area (Å²) in [5.74, 6) is -0.954. The van der Waals surface area contributed by atoms with E-state index in [-0.39, 0.29) is 30.2 Å². The number of amides is 1. The van der Waals surface area contributed by atoms with Crippen molar-refractivity contribution < 1.29 is 26.4 Å². The number of sulfonamides is 1. The molecule has 0 unspecified atom stereocenters. The van der Waals surface area contributed by atoms with Gasteiger partial charge in [0, 0.05) is 32.9 Å². The molecule has 0 aliphatic heterocycles. The van der Waals surface area contributed by atoms with E-state index in [4.69, 9.17) is 5.26 Å². The summed E-state index contributed by atoms with van der Waals surface area (Å²) in [5.41, 5.74) is 0.566. The van der Waals surface area contributed by atoms with Gasteiger partial charge in [-0.05, 0) is 23.8 Å². The highest BCUT2D eigenvalue weighted by Gasteiger charge is 2.35. The molecule has 1 heterocycles. The number of alkyl halides is 3. The zero-order valence-electron chi connectivity index (χ0n) is 17.3. The fraction of sp³-hybridized carbons (Fsp3) is 0.400. The van der Waals surface area contributed by atoms with Crippen LogP contribution in [0.4, 0.5) is 13.2 Å². The van der Waals surface area contributed by atoms with E-state index in [1.807, 2.05) is 6.07 Å². The minimum atomic E-state index is -4.65. The lowest BCUT2D eigenvalue weighted by Gasteiger charge is -2.24. The molecular weight excluding hydrogens is 433 g/mol. The molecule has 1 aromatic heterocycles. The number of hydrogen-bond donors (Lipinski definition) is 0. The summed E-state index contributed by atoms with van der Waals surface area (Å²) in [6, 6.07) is 8.84. The van der Waals surface area contributed by atoms with Crippen molar-refractivity contribution in [1.29, 1.82) is 5.26 Å². The Morgan fingerprint density at radius 2 is 1.74 bits per heavy atom. The number of rotatable bonds is 8. The van der Waals surface area contributed by atoms with Gasteiger partial charge in [-0.15, -0.1) is 0 Å². The monoisotopic (exact) mass is 456 g/mol. The van der Waals surface area contributed by atoms with E-state index in [0.717, 1.165) is 6.07 Å². The highest BCUT2D eigenvalue weighted by molar-refractivity contribution is 7.89. The maximum Gasteiger partial charge on any atom is 0.406 e. The number of carbonyl (C=O) groups is 1. The highest BCUT2D eigenvalue weighted by atomic mass is 32.2. The van der Waals surface area contributed by atoms with Crippen molar-refractivity contribution in [2.75, 3.05) is 19.6 Å². The van der Waals surface area contributed by atoms with Crippen molar-refractivity contribution in [2.24, 2.45) is 7.05 Å². The molecule has 0 radical (unpaired) electrons. The molecule has 0 aliphatic carbocycles. The Hall–Kier alpha value is -2.84. The second kappa shape index (κ2) is 9.53. The van der Waals surface area contributed by atoms with Gasteiger partial charge in [-0.3, -0.25) is 4.79 Å². The first-order valence-corrected chi connectivity index (χ1v) is 10.9. The van der Waals surface area contributed by atoms with Crippen molar-refractivity contribution in [3.63, 3.8) is 0 Å². The lowest BCUT2D eigenvalue weighted by atomic mass is 10.1. The molecule has 11 heteroatoms. The smallest absolute Gasteiger partial charge is 0.345 e. The summed E-state index contributed by atoms with van der Waals surface area (Å²) in [6.45, 7) is 1.91. The predicted octanol–water partition coefficient (Wildman–Crippen LogP) is 3.13. The van der Waals surface area contributed by atoms with Gasteiger partial charge < -0.3 is 9.47 Å². The molecule has 2 aromatic rings. The molecule has 7 nitrogen and oxygen atoms in total. The molecule has 31 heavy (non-hydrogen) atoms. The topological polar surface area (TPSA) is 86.4 Å². The van der Waals surface area contributed by atoms with E-state index in [1.54, 1.807) is 13.8 Å². The van der Waals surface area contributed by atoms with Gasteiger partial charge >= 0.3 is 6.18 Å². The summed E-state index contributed by atoms with van der Waals surface area (Å²) in [7, 11) is -2.47. The van der Waals surface area contributed by atoms with E-state index in [2.05, 4.69) is 0 Å². The zero-order valence-corrected chi connectivity index (χ0v) is 18.2. The van der Waals surface area contributed by atoms with Crippen molar-refractivity contribution in [2.45, 2.75) is 31.5 Å². The summed E-state index contributed by atoms with van der Waals surface area (Å²) in [5, 5.41) is 8.85. The average Bonchev–Trinajstić information content (AvgIpc) is 3.09. The zero-order chi connectivity index (χ0) is 23.4. The van der Waals surface area contributed by atoms with Gasteiger partial charge in [0.15, 0.2) is 0 Å². The second-order valence-electron chi connectivity index (χ2n) is 6.85. The van der Waals surface area contributed by atoms with Gasteiger partial charge in [0.2, 0.25) is 10.0 Å². The number of halogens is 3. The van der Waals surface area contributed by atoms with Crippen LogP contribution in [0.15, 0.2) is 41.4 Å². The molecule has 0 atom stereocenters. The third-order valence-electron chi connectivity index (χ3n) is 4.66. The molecule has 168 valence electrons. The molecule has 0 aliphatic rings. The Kier molecular flexibility index (Phi) is 7.51. The Balaban J connectivity index is 2.40. The number of aryl methyl sites for hydroxylation is 1. The minimum Gasteiger partial charge on any atom is -0.345 e. The van der Waals surface area contributed by atoms with Crippen molar-refractivity contribution in [3.8, 4) is 6.07 Å². The first-order valence-electron chi connectivity index (χ1n) is 9.44. The van der Waals surface area contributed by atoms with Crippen LogP contribution in [-0.2, 0) is 23.6 Å². The number of aromatic nitrogens is 1. The van der Waals surface area contributed by atoms with Crippen LogP contribution in [0.1, 0.15) is 35.5 Å². The quantitative estimate of drug-likeness (QED) is 0.611. The van der Waals surface area contributed by atoms with Gasteiger partial charge in [0.25, 0.3) is 5.91 Å². The summed E-state index contributed by atoms with van der Waals surface area (Å²) in [4.78, 5) is 13.4. The van der Waals surface area contributed by atoms with Gasteiger partial charge in [-0.25, -0.2) is 8.42 Å². The SMILES string of the molecule is CCN(CC)S(=O)(=O)c1cc(C(=O)N(Cc2ccc(C#N)cc2)CC(F)(F)F)n(C)c1. The maximum absolute atomic E-state index is 13.1. The second-order valence-corrected chi connectivity index (χ2v) is 8.78. The number of nitrogens with zero attached hydrogens (tertiary/aromatic N) is 4. The van der Waals surface area contributed by atoms with Gasteiger partial charge in [0.1, 0.15) is 17.1 Å². The van der Waals surface area contributed by atoms with Crippen LogP contribution in [0.3, 0.4) is 0 Å². The molecule has 0 spiro atoms. The summed E-state index contributed by atoms with van der Waals surface area (Å²) < 4.78 is 67.3. The van der Waals surface area contributed by atoms with Crippen LogP contribution < -0.4 is 0 Å². The molecular formula is C20H23F3N4O3S. The number of nitriles is 1. The molecule has 2 rings (SSSR count). The van der Waals surface area contributed by atoms with Crippen molar-refractivity contribution >= 4 is 15.9 Å². The lowest BCUT2D eigenvalue weighted by Crippen LogP contribution is -2.39. The number of benzene rings is 1. The van der Waals surface area contributed by atoms with E-state index < -0.39 is 28.7 Å². The summed E-state index contributed by atoms with van der Waals surface area (Å²) >= 11 is 0. The lowest BCUT2D eigenvalue weighted by molar-refractivity contribution is -0.141. The van der Waals surface area contributed by atoms with Gasteiger partial charge in [-0.1, -0.05) is 26.0 Å². The largest absolute Gasteiger partial charge is 0.406 e. The standard InChI is InChI=1S/C20H23F3N4O3S/c1-4-27(5-2)31(29,30)17-10-18(25(3)13-17)19(28)26(14-20(21,22)23)12-16-8-6-15(11-24)7-9-16/h6-10,13H,4-5,12,14H2,1-3H3. The van der Waals surface area contributed by atoms with Crippen LogP contribution in [0.25, 0.3) is 0 Å². The Morgan fingerprint density at radius 1 is 1.16 bits per heavy atom. The first-order chi connectivity index (χ1) is 14.4. The van der Waals surface area contributed by atoms with E-state index >= 15 is 0 Å². The fourth-order valence-corrected chi connectivity index (χ4v) is 4.61.